The molecular formula is C76H48O6. The molecule has 0 aromatic heterocycles. The minimum absolute atomic E-state index is 0.144. The van der Waals surface area contributed by atoms with Crippen LogP contribution in [0.3, 0.4) is 0 Å². The number of benzene rings is 9. The van der Waals surface area contributed by atoms with Crippen LogP contribution in [0.4, 0.5) is 0 Å². The van der Waals surface area contributed by atoms with Crippen molar-refractivity contribution in [2.24, 2.45) is 0 Å². The molecule has 6 heteroatoms. The van der Waals surface area contributed by atoms with Gasteiger partial charge < -0.3 is 15.3 Å². The molecule has 388 valence electrons. The van der Waals surface area contributed by atoms with E-state index in [-0.39, 0.29) is 16.7 Å². The van der Waals surface area contributed by atoms with Gasteiger partial charge in [-0.05, 0) is 214 Å². The molecule has 12 rings (SSSR count). The molecular weight excluding hydrogens is 1010 g/mol. The number of aromatic carboxylic acids is 3. The molecule has 82 heavy (non-hydrogen) atoms. The second-order valence-electron chi connectivity index (χ2n) is 20.8. The zero-order valence-electron chi connectivity index (χ0n) is 45.4. The molecule has 0 radical (unpaired) electrons. The largest absolute Gasteiger partial charge is 0.478 e. The number of hydrogen-bond acceptors (Lipinski definition) is 3. The Morgan fingerprint density at radius 1 is 0.268 bits per heavy atom. The van der Waals surface area contributed by atoms with Crippen LogP contribution >= 0.6 is 0 Å². The van der Waals surface area contributed by atoms with E-state index in [1.54, 1.807) is 48.5 Å². The maximum atomic E-state index is 11.8. The third kappa shape index (κ3) is 10.3. The average molecular weight is 1060 g/mol. The summed E-state index contributed by atoms with van der Waals surface area (Å²) < 4.78 is 0. The zero-order valence-corrected chi connectivity index (χ0v) is 45.4. The molecule has 0 amide bonds. The van der Waals surface area contributed by atoms with Crippen molar-refractivity contribution in [1.82, 2.24) is 0 Å². The second-order valence-corrected chi connectivity index (χ2v) is 20.8. The van der Waals surface area contributed by atoms with Gasteiger partial charge in [0.1, 0.15) is 0 Å². The molecule has 6 nitrogen and oxygen atoms in total. The van der Waals surface area contributed by atoms with Crippen LogP contribution < -0.4 is 0 Å². The first-order valence-corrected chi connectivity index (χ1v) is 26.4. The number of carboxylic acid groups (broad SMARTS) is 3. The summed E-state index contributed by atoms with van der Waals surface area (Å²) in [6.07, 6.45) is 0. The number of aryl methyl sites for hydroxylation is 3. The fourth-order valence-electron chi connectivity index (χ4n) is 10.6. The second kappa shape index (κ2) is 21.5. The third-order valence-corrected chi connectivity index (χ3v) is 15.3. The minimum atomic E-state index is -1.04. The Labute approximate surface area is 477 Å². The molecule has 9 aromatic rings. The van der Waals surface area contributed by atoms with Crippen LogP contribution in [0.25, 0.3) is 0 Å². The van der Waals surface area contributed by atoms with Crippen molar-refractivity contribution in [3.63, 3.8) is 0 Å². The first-order chi connectivity index (χ1) is 39.5. The van der Waals surface area contributed by atoms with Gasteiger partial charge in [0.05, 0.1) is 16.7 Å². The summed E-state index contributed by atoms with van der Waals surface area (Å²) in [5, 5.41) is 29.0. The summed E-state index contributed by atoms with van der Waals surface area (Å²) in [4.78, 5) is 35.4. The van der Waals surface area contributed by atoms with E-state index in [0.717, 1.165) is 77.9 Å². The van der Waals surface area contributed by atoms with Gasteiger partial charge in [-0.15, -0.1) is 0 Å². The van der Waals surface area contributed by atoms with Crippen LogP contribution in [0.2, 0.25) is 0 Å². The summed E-state index contributed by atoms with van der Waals surface area (Å²) in [7, 11) is 0. The first kappa shape index (κ1) is 52.8. The Kier molecular flexibility index (Phi) is 13.9. The molecule has 0 aliphatic heterocycles. The standard InChI is InChI=1S/C76H48O6/c1-48-6-12-51(13-7-48)24-36-60-42-66-67(43-61(60)37-25-52-14-8-49(2)9-15-52)76(5)69-45-63(39-27-54-18-30-57(31-19-54)72(77)78)62(38-26-53-16-10-50(3)11-17-53)44-68(69)75(66,4)70-46-64(40-28-55-20-32-58(33-21-55)73(79)80)65(47-71(70)76)41-29-56-22-34-59(35-23-56)74(81)82/h6-23,30-35,42-47H,1-5H3,(H,77,78)(H,79,80)(H,81,82). The van der Waals surface area contributed by atoms with E-state index in [0.29, 0.717) is 38.9 Å². The lowest BCUT2D eigenvalue weighted by molar-refractivity contribution is 0.0686. The fourth-order valence-corrected chi connectivity index (χ4v) is 10.6. The zero-order chi connectivity index (χ0) is 57.3. The van der Waals surface area contributed by atoms with Crippen LogP contribution in [-0.4, -0.2) is 33.2 Å². The molecule has 3 aliphatic rings. The van der Waals surface area contributed by atoms with Gasteiger partial charge >= 0.3 is 17.9 Å². The fraction of sp³-hybridized carbons (Fsp3) is 0.0921. The quantitative estimate of drug-likeness (QED) is 0.152. The Bertz CT molecular complexity index is 4570. The van der Waals surface area contributed by atoms with Crippen LogP contribution in [-0.2, 0) is 10.8 Å². The number of carboxylic acids is 3. The summed E-state index contributed by atoms with van der Waals surface area (Å²) in [5.41, 5.74) is 16.7. The Balaban J connectivity index is 1.20. The van der Waals surface area contributed by atoms with Crippen molar-refractivity contribution >= 4 is 17.9 Å². The van der Waals surface area contributed by atoms with E-state index >= 15 is 0 Å². The molecule has 0 saturated carbocycles. The van der Waals surface area contributed by atoms with Gasteiger partial charge in [-0.1, -0.05) is 124 Å². The summed E-state index contributed by atoms with van der Waals surface area (Å²) in [5.74, 6) is 38.1. The smallest absolute Gasteiger partial charge is 0.335 e. The molecule has 0 fully saturated rings. The van der Waals surface area contributed by atoms with Gasteiger partial charge in [0, 0.05) is 77.6 Å². The summed E-state index contributed by atoms with van der Waals surface area (Å²) in [6, 6.07) is 56.7. The van der Waals surface area contributed by atoms with Crippen LogP contribution in [0.5, 0.6) is 0 Å². The van der Waals surface area contributed by atoms with Gasteiger partial charge in [0.15, 0.2) is 0 Å². The van der Waals surface area contributed by atoms with Gasteiger partial charge in [-0.3, -0.25) is 0 Å². The summed E-state index contributed by atoms with van der Waals surface area (Å²) in [6.45, 7) is 10.6. The molecule has 2 atom stereocenters. The topological polar surface area (TPSA) is 112 Å². The van der Waals surface area contributed by atoms with E-state index < -0.39 is 28.7 Å². The van der Waals surface area contributed by atoms with E-state index in [4.69, 9.17) is 0 Å². The minimum Gasteiger partial charge on any atom is -0.478 e. The van der Waals surface area contributed by atoms with E-state index in [1.165, 1.54) is 24.3 Å². The molecule has 9 aromatic carbocycles. The number of carbonyl (C=O) groups is 3. The Morgan fingerprint density at radius 3 is 0.585 bits per heavy atom. The molecule has 3 N–H and O–H groups in total. The van der Waals surface area contributed by atoms with Crippen molar-refractivity contribution in [2.45, 2.75) is 45.4 Å². The van der Waals surface area contributed by atoms with Crippen LogP contribution in [0, 0.1) is 91.8 Å². The van der Waals surface area contributed by atoms with Crippen molar-refractivity contribution in [3.8, 4) is 71.0 Å². The van der Waals surface area contributed by atoms with Crippen molar-refractivity contribution in [1.29, 1.82) is 0 Å². The molecule has 0 heterocycles. The molecule has 2 bridgehead atoms. The molecule has 2 unspecified atom stereocenters. The maximum Gasteiger partial charge on any atom is 0.335 e. The highest BCUT2D eigenvalue weighted by Crippen LogP contribution is 2.62. The van der Waals surface area contributed by atoms with Gasteiger partial charge in [0.2, 0.25) is 0 Å². The number of hydrogen-bond donors (Lipinski definition) is 3. The monoisotopic (exact) mass is 1060 g/mol. The number of rotatable bonds is 3. The molecule has 0 saturated heterocycles. The predicted molar refractivity (Wildman–Crippen MR) is 320 cm³/mol. The van der Waals surface area contributed by atoms with Crippen molar-refractivity contribution in [3.05, 3.63) is 316 Å². The average Bonchev–Trinajstić information content (AvgIpc) is 0.682. The van der Waals surface area contributed by atoms with E-state index in [1.807, 2.05) is 74.5 Å². The molecule has 3 aliphatic carbocycles. The SMILES string of the molecule is Cc1ccc(C#Cc2cc3c(cc2C#Cc2ccc(C)cc2)C2(C)c4cc(C#Cc5ccc(C(=O)O)cc5)c(C#Cc5ccc(C)cc5)cc4C3(C)c3cc(C#Cc4ccc(C(=O)O)cc4)c(C#Cc4ccc(C(=O)O)cc4)cc32)cc1. The highest BCUT2D eigenvalue weighted by Gasteiger charge is 2.55. The first-order valence-electron chi connectivity index (χ1n) is 26.4. The van der Waals surface area contributed by atoms with Crippen molar-refractivity contribution in [2.75, 3.05) is 0 Å². The highest BCUT2D eigenvalue weighted by molar-refractivity contribution is 5.89. The lowest BCUT2D eigenvalue weighted by Gasteiger charge is -2.54. The Hall–Kier alpha value is -11.3. The van der Waals surface area contributed by atoms with Crippen LogP contribution in [0.1, 0.15) is 162 Å². The van der Waals surface area contributed by atoms with Crippen LogP contribution in [0.15, 0.2) is 182 Å². The van der Waals surface area contributed by atoms with Gasteiger partial charge in [0.25, 0.3) is 0 Å². The van der Waals surface area contributed by atoms with E-state index in [9.17, 15) is 29.7 Å². The maximum absolute atomic E-state index is 11.8. The summed E-state index contributed by atoms with van der Waals surface area (Å²) >= 11 is 0. The highest BCUT2D eigenvalue weighted by atomic mass is 16.4. The third-order valence-electron chi connectivity index (χ3n) is 15.3. The normalized spacial score (nSPS) is 14.5. The lowest BCUT2D eigenvalue weighted by Crippen LogP contribution is -2.48. The predicted octanol–water partition coefficient (Wildman–Crippen LogP) is 13.4. The molecule has 0 spiro atoms. The Morgan fingerprint density at radius 2 is 0.427 bits per heavy atom. The van der Waals surface area contributed by atoms with Crippen molar-refractivity contribution < 1.29 is 29.7 Å². The van der Waals surface area contributed by atoms with Gasteiger partial charge in [-0.2, -0.15) is 0 Å². The van der Waals surface area contributed by atoms with Gasteiger partial charge in [-0.25, -0.2) is 14.4 Å². The lowest BCUT2D eigenvalue weighted by atomic mass is 9.47. The van der Waals surface area contributed by atoms with E-state index in [2.05, 4.69) is 140 Å².